The minimum atomic E-state index is 0.149. The molecule has 3 saturated heterocycles. The fourth-order valence-corrected chi connectivity index (χ4v) is 20.4. The maximum Gasteiger partial charge on any atom is 0.195 e. The Morgan fingerprint density at radius 1 is 0.766 bits per heavy atom. The lowest BCUT2D eigenvalue weighted by atomic mass is 9.25. The van der Waals surface area contributed by atoms with Gasteiger partial charge in [0.25, 0.3) is 0 Å². The van der Waals surface area contributed by atoms with Gasteiger partial charge in [0.15, 0.2) is 6.71 Å². The van der Waals surface area contributed by atoms with Gasteiger partial charge in [0.2, 0.25) is 0 Å². The lowest BCUT2D eigenvalue weighted by Crippen LogP contribution is -2.74. The summed E-state index contributed by atoms with van der Waals surface area (Å²) in [5.74, 6) is 3.38. The molecule has 12 unspecified atom stereocenters. The van der Waals surface area contributed by atoms with Crippen molar-refractivity contribution in [2.75, 3.05) is 0 Å². The van der Waals surface area contributed by atoms with E-state index in [1.807, 2.05) is 11.2 Å². The molecule has 0 bridgehead atoms. The first-order valence-corrected chi connectivity index (χ1v) is 28.3. The third-order valence-corrected chi connectivity index (χ3v) is 22.3. The van der Waals surface area contributed by atoms with Crippen LogP contribution in [0, 0.1) is 34.5 Å². The van der Waals surface area contributed by atoms with E-state index in [4.69, 9.17) is 0 Å². The normalized spacial score (nSPS) is 40.8. The van der Waals surface area contributed by atoms with Gasteiger partial charge in [-0.2, -0.15) is 11.8 Å². The largest absolute Gasteiger partial charge is 0.367 e. The van der Waals surface area contributed by atoms with Gasteiger partial charge in [-0.1, -0.05) is 118 Å². The molecule has 12 aliphatic rings. The van der Waals surface area contributed by atoms with Crippen molar-refractivity contribution in [3.8, 4) is 0 Å². The van der Waals surface area contributed by atoms with Crippen LogP contribution in [0.25, 0.3) is 0 Å². The van der Waals surface area contributed by atoms with E-state index in [1.165, 1.54) is 135 Å². The van der Waals surface area contributed by atoms with Crippen molar-refractivity contribution in [1.29, 1.82) is 0 Å². The molecule has 5 fully saturated rings. The molecule has 0 radical (unpaired) electrons. The van der Waals surface area contributed by atoms with E-state index < -0.39 is 0 Å². The molecule has 1 spiro atoms. The molecular formula is C59H82BN3S. The van der Waals surface area contributed by atoms with Crippen LogP contribution in [0.3, 0.4) is 0 Å². The molecule has 4 aliphatic heterocycles. The molecule has 4 heterocycles. The van der Waals surface area contributed by atoms with Gasteiger partial charge in [0, 0.05) is 74.6 Å². The highest BCUT2D eigenvalue weighted by Gasteiger charge is 2.73. The van der Waals surface area contributed by atoms with Crippen LogP contribution < -0.4 is 0 Å². The Balaban J connectivity index is 1.10. The van der Waals surface area contributed by atoms with Crippen LogP contribution in [-0.2, 0) is 0 Å². The fraction of sp³-hybridized carbons (Fsp3) is 0.695. The Labute approximate surface area is 394 Å². The average Bonchev–Trinajstić information content (AvgIpc) is 3.80. The molecule has 2 saturated carbocycles. The number of nitrogens with zero attached hydrogens (tertiary/aromatic N) is 3. The predicted molar refractivity (Wildman–Crippen MR) is 273 cm³/mol. The summed E-state index contributed by atoms with van der Waals surface area (Å²) in [4.78, 5) is 9.86. The second-order valence-corrected chi connectivity index (χ2v) is 26.0. The maximum atomic E-state index is 3.43. The van der Waals surface area contributed by atoms with Crippen molar-refractivity contribution in [2.24, 2.45) is 34.5 Å². The molecule has 0 aromatic rings. The lowest BCUT2D eigenvalue weighted by molar-refractivity contribution is -0.0549. The Kier molecular flexibility index (Phi) is 11.2. The van der Waals surface area contributed by atoms with E-state index in [2.05, 4.69) is 140 Å². The van der Waals surface area contributed by atoms with Crippen LogP contribution in [0.2, 0.25) is 5.82 Å². The van der Waals surface area contributed by atoms with Crippen molar-refractivity contribution in [1.82, 2.24) is 14.7 Å². The zero-order valence-corrected chi connectivity index (χ0v) is 41.4. The van der Waals surface area contributed by atoms with Gasteiger partial charge < -0.3 is 9.80 Å². The van der Waals surface area contributed by atoms with Gasteiger partial charge in [0.1, 0.15) is 0 Å². The molecule has 342 valence electrons. The number of allylic oxidation sites excluding steroid dienone is 16. The highest BCUT2D eigenvalue weighted by atomic mass is 32.2. The molecule has 8 aliphatic carbocycles. The summed E-state index contributed by atoms with van der Waals surface area (Å²) >= 11 is 2.53. The third kappa shape index (κ3) is 6.65. The second-order valence-electron chi connectivity index (χ2n) is 24.7. The van der Waals surface area contributed by atoms with Gasteiger partial charge in [-0.3, -0.25) is 4.90 Å². The number of hydrogen-bond donors (Lipinski definition) is 0. The molecule has 12 atom stereocenters. The Morgan fingerprint density at radius 3 is 2.36 bits per heavy atom. The standard InChI is InChI=1S/C59H82BN3S/c1-57(2,3)46-34-35-47-53-51(46)59(36-22-11-23-37-59)58(4,5)63(53)49-39-45(61(42-28-16-8-17-29-42)43-30-18-9-19-31-43)38-48-52(49)60(47)56-54(62(48)44-32-20-10-21-33-44)50(40-24-12-6-13-25-40)55(64-56)41-26-14-7-15-27-41/h6,8,10,12-14,16,20,24,26-28,30,40,44-46,48-52,54-56H,7,9,11,15,17-19,21-23,25,29,31-39H2,1-5H3. The van der Waals surface area contributed by atoms with Gasteiger partial charge in [0.05, 0.1) is 0 Å². The highest BCUT2D eigenvalue weighted by Crippen LogP contribution is 2.73. The van der Waals surface area contributed by atoms with E-state index in [9.17, 15) is 0 Å². The zero-order chi connectivity index (χ0) is 43.4. The zero-order valence-electron chi connectivity index (χ0n) is 40.6. The summed E-state index contributed by atoms with van der Waals surface area (Å²) in [5, 5.41) is 1.23. The number of fused-ring (bicyclic) bond motifs is 5. The summed E-state index contributed by atoms with van der Waals surface area (Å²) in [7, 11) is 0. The predicted octanol–water partition coefficient (Wildman–Crippen LogP) is 14.5. The van der Waals surface area contributed by atoms with Crippen LogP contribution in [0.15, 0.2) is 107 Å². The molecule has 5 heteroatoms. The van der Waals surface area contributed by atoms with Crippen molar-refractivity contribution >= 4 is 18.5 Å². The van der Waals surface area contributed by atoms with E-state index >= 15 is 0 Å². The quantitative estimate of drug-likeness (QED) is 0.194. The smallest absolute Gasteiger partial charge is 0.195 e. The minimum Gasteiger partial charge on any atom is -0.367 e. The van der Waals surface area contributed by atoms with E-state index in [0.717, 1.165) is 5.92 Å². The van der Waals surface area contributed by atoms with E-state index in [1.54, 1.807) is 17.0 Å². The summed E-state index contributed by atoms with van der Waals surface area (Å²) < 4.78 is 0. The first kappa shape index (κ1) is 43.0. The second kappa shape index (κ2) is 16.7. The van der Waals surface area contributed by atoms with Crippen LogP contribution in [0.5, 0.6) is 0 Å². The van der Waals surface area contributed by atoms with Crippen molar-refractivity contribution in [3.63, 3.8) is 0 Å². The summed E-state index contributed by atoms with van der Waals surface area (Å²) in [5.41, 5.74) is 9.77. The molecular weight excluding hydrogens is 794 g/mol. The van der Waals surface area contributed by atoms with Crippen LogP contribution >= 0.6 is 11.8 Å². The topological polar surface area (TPSA) is 9.72 Å². The van der Waals surface area contributed by atoms with Crippen LogP contribution in [-0.4, -0.2) is 67.6 Å². The molecule has 3 nitrogen and oxygen atoms in total. The fourth-order valence-electron chi connectivity index (χ4n) is 18.2. The summed E-state index contributed by atoms with van der Waals surface area (Å²) in [6.45, 7) is 14.3. The van der Waals surface area contributed by atoms with Gasteiger partial charge in [-0.05, 0) is 170 Å². The lowest BCUT2D eigenvalue weighted by Gasteiger charge is -2.66. The maximum absolute atomic E-state index is 3.43. The summed E-state index contributed by atoms with van der Waals surface area (Å²) in [6, 6.07) is 2.97. The number of hydrogen-bond acceptors (Lipinski definition) is 4. The highest BCUT2D eigenvalue weighted by molar-refractivity contribution is 8.02. The van der Waals surface area contributed by atoms with Gasteiger partial charge >= 0.3 is 0 Å². The first-order chi connectivity index (χ1) is 31.2. The van der Waals surface area contributed by atoms with E-state index in [-0.39, 0.29) is 5.54 Å². The Morgan fingerprint density at radius 2 is 1.64 bits per heavy atom. The van der Waals surface area contributed by atoms with Gasteiger partial charge in [-0.25, -0.2) is 0 Å². The third-order valence-electron chi connectivity index (χ3n) is 20.6. The molecule has 0 amide bonds. The molecule has 0 N–H and O–H groups in total. The minimum absolute atomic E-state index is 0.149. The Bertz CT molecular complexity index is 2100. The van der Waals surface area contributed by atoms with Crippen LogP contribution in [0.1, 0.15) is 169 Å². The Hall–Kier alpha value is -2.37. The molecule has 0 aromatic carbocycles. The molecule has 64 heavy (non-hydrogen) atoms. The summed E-state index contributed by atoms with van der Waals surface area (Å²) in [6.07, 6.45) is 60.7. The SMILES string of the molecule is CC(C)(C)C1CCC2=C3C1C1(CCCCC1)C(C)(C)N3C1CC(N(C3=CC=CCC3)C3=CCCCC3)CC3C1B2C1SC(C2=CCCC=C2)C(C2C=CC=CC2)C1N3C1CC=CCC1. The van der Waals surface area contributed by atoms with E-state index in [0.29, 0.717) is 81.7 Å². The van der Waals surface area contributed by atoms with Crippen molar-refractivity contribution in [3.05, 3.63) is 107 Å². The molecule has 0 aromatic heterocycles. The van der Waals surface area contributed by atoms with Crippen molar-refractivity contribution < 1.29 is 0 Å². The molecule has 12 rings (SSSR count). The number of thioether (sulfide) groups is 1. The first-order valence-electron chi connectivity index (χ1n) is 27.3. The monoisotopic (exact) mass is 876 g/mol. The van der Waals surface area contributed by atoms with Gasteiger partial charge in [-0.15, -0.1) is 0 Å². The average molecular weight is 876 g/mol. The number of rotatable bonds is 6. The van der Waals surface area contributed by atoms with Crippen LogP contribution in [0.4, 0.5) is 0 Å². The van der Waals surface area contributed by atoms with Crippen molar-refractivity contribution in [2.45, 2.75) is 221 Å².